The molecule has 1 fully saturated rings. The Morgan fingerprint density at radius 3 is 1.59 bits per heavy atom. The largest absolute Gasteiger partial charge is 0.508 e. The molecular formula is C54H75F14N11O2. The van der Waals surface area contributed by atoms with E-state index in [1.807, 2.05) is 58.2 Å². The minimum Gasteiger partial charge on any atom is -0.508 e. The van der Waals surface area contributed by atoms with E-state index in [2.05, 4.69) is 39.0 Å². The van der Waals surface area contributed by atoms with E-state index in [1.165, 1.54) is 22.0 Å². The number of hydrogen-bond donors (Lipinski definition) is 1. The summed E-state index contributed by atoms with van der Waals surface area (Å²) >= 11 is 0. The van der Waals surface area contributed by atoms with Gasteiger partial charge in [0.05, 0.1) is 12.2 Å². The zero-order chi connectivity index (χ0) is 61.2. The highest BCUT2D eigenvalue weighted by molar-refractivity contribution is 5.58. The van der Waals surface area contributed by atoms with Gasteiger partial charge in [-0.25, -0.2) is 8.78 Å². The standard InChI is InChI=1S/C12H17F3N2.C12H16F2N2.C11H16F3N3.C10H15F3N2O.C9H11F3N2O/c1-7(2)17-10-6-8(3)4-5-9(10)11(16-17)12(13,14)15;1-6(2)16-11-8(10(15-16)12(13)14)4-3-7-5-9(7)11;1-7(2)17-9-4-5-16(3)6-8(9)10(15-17)11(12,13)14;1-4-16-6-8-5-15(7(2)3)14-9(8)10(11,12)13;1-5(2)14-4-7(6(3)15)8(13-14)9(10,11)12/h7-8H,4-6H2,1-3H3;6-7,9,12H,3-5H2,1-2H3;7H,4-6H2,1-3H3;5,7H,4,6H2,1-3H3;4-5,15H,3H2,1-2H3. The van der Waals surface area contributed by atoms with E-state index in [0.717, 1.165) is 65.2 Å². The average molecular weight is 1180 g/mol. The molecule has 1 saturated carbocycles. The summed E-state index contributed by atoms with van der Waals surface area (Å²) < 4.78 is 191. The number of likely N-dealkylation sites (N-methyl/N-ethyl adjacent to an activating group) is 1. The lowest BCUT2D eigenvalue weighted by atomic mass is 9.88. The van der Waals surface area contributed by atoms with Gasteiger partial charge < -0.3 is 14.7 Å². The van der Waals surface area contributed by atoms with Gasteiger partial charge in [-0.1, -0.05) is 13.5 Å². The third-order valence-corrected chi connectivity index (χ3v) is 14.1. The van der Waals surface area contributed by atoms with Gasteiger partial charge in [-0.15, -0.1) is 0 Å². The Labute approximate surface area is 462 Å². The molecule has 3 unspecified atom stereocenters. The topological polar surface area (TPSA) is 122 Å². The Morgan fingerprint density at radius 1 is 0.630 bits per heavy atom. The highest BCUT2D eigenvalue weighted by Gasteiger charge is 2.47. The van der Waals surface area contributed by atoms with Crippen LogP contribution in [0.25, 0.3) is 5.76 Å². The van der Waals surface area contributed by atoms with Crippen LogP contribution < -0.4 is 0 Å². The van der Waals surface area contributed by atoms with Crippen LogP contribution in [0.2, 0.25) is 0 Å². The van der Waals surface area contributed by atoms with E-state index in [4.69, 9.17) is 9.84 Å². The van der Waals surface area contributed by atoms with Crippen molar-refractivity contribution in [3.05, 3.63) is 92.3 Å². The molecule has 0 bridgehead atoms. The van der Waals surface area contributed by atoms with Crippen LogP contribution in [0, 0.1) is 11.8 Å². The Bertz CT molecular complexity index is 2880. The van der Waals surface area contributed by atoms with Crippen molar-refractivity contribution in [2.24, 2.45) is 11.8 Å². The van der Waals surface area contributed by atoms with Crippen molar-refractivity contribution in [3.63, 3.8) is 0 Å². The van der Waals surface area contributed by atoms with Gasteiger partial charge in [0, 0.05) is 114 Å². The summed E-state index contributed by atoms with van der Waals surface area (Å²) in [5.41, 5.74) is 0.650. The number of alkyl halides is 14. The molecule has 5 aromatic rings. The smallest absolute Gasteiger partial charge is 0.435 e. The molecule has 81 heavy (non-hydrogen) atoms. The Hall–Kier alpha value is -5.47. The zero-order valence-corrected chi connectivity index (χ0v) is 47.9. The molecular weight excluding hydrogens is 1100 g/mol. The third-order valence-electron chi connectivity index (χ3n) is 14.1. The first-order valence-electron chi connectivity index (χ1n) is 27.0. The maximum atomic E-state index is 12.9. The molecule has 0 aromatic carbocycles. The lowest BCUT2D eigenvalue weighted by Gasteiger charge is -2.24. The highest BCUT2D eigenvalue weighted by atomic mass is 19.4. The van der Waals surface area contributed by atoms with Gasteiger partial charge in [0.2, 0.25) is 0 Å². The van der Waals surface area contributed by atoms with Crippen LogP contribution >= 0.6 is 0 Å². The van der Waals surface area contributed by atoms with E-state index >= 15 is 0 Å². The molecule has 6 heterocycles. The Balaban J connectivity index is 0.000000186. The molecule has 0 saturated heterocycles. The van der Waals surface area contributed by atoms with Crippen molar-refractivity contribution in [2.75, 3.05) is 20.2 Å². The number of halogens is 14. The lowest BCUT2D eigenvalue weighted by Crippen LogP contribution is -2.28. The van der Waals surface area contributed by atoms with E-state index in [0.29, 0.717) is 55.4 Å². The molecule has 3 aliphatic carbocycles. The first-order chi connectivity index (χ1) is 37.3. The lowest BCUT2D eigenvalue weighted by molar-refractivity contribution is -0.143. The van der Waals surface area contributed by atoms with Crippen molar-refractivity contribution in [3.8, 4) is 0 Å². The van der Waals surface area contributed by atoms with Gasteiger partial charge in [0.25, 0.3) is 6.43 Å². The van der Waals surface area contributed by atoms with E-state index in [9.17, 15) is 61.5 Å². The summed E-state index contributed by atoms with van der Waals surface area (Å²) in [4.78, 5) is 1.89. The third kappa shape index (κ3) is 16.2. The monoisotopic (exact) mass is 1180 g/mol. The molecule has 1 aliphatic heterocycles. The zero-order valence-electron chi connectivity index (χ0n) is 47.9. The van der Waals surface area contributed by atoms with Crippen molar-refractivity contribution in [2.45, 2.75) is 208 Å². The molecule has 0 spiro atoms. The molecule has 4 aliphatic rings. The van der Waals surface area contributed by atoms with Crippen LogP contribution in [-0.4, -0.2) is 79.1 Å². The van der Waals surface area contributed by atoms with Crippen LogP contribution in [-0.2, 0) is 68.3 Å². The number of ether oxygens (including phenoxy) is 1. The number of hydrogen-bond acceptors (Lipinski definition) is 8. The van der Waals surface area contributed by atoms with Crippen molar-refractivity contribution in [1.82, 2.24) is 53.8 Å². The van der Waals surface area contributed by atoms with Gasteiger partial charge in [-0.3, -0.25) is 23.4 Å². The van der Waals surface area contributed by atoms with E-state index in [1.54, 1.807) is 39.3 Å². The molecule has 3 atom stereocenters. The molecule has 0 radical (unpaired) electrons. The quantitative estimate of drug-likeness (QED) is 0.108. The number of nitrogens with zero attached hydrogens (tertiary/aromatic N) is 11. The number of rotatable bonds is 10. The average Bonchev–Trinajstić information content (AvgIpc) is 3.94. The minimum absolute atomic E-state index is 0.0230. The summed E-state index contributed by atoms with van der Waals surface area (Å²) in [5, 5.41) is 27.6. The number of aliphatic hydroxyl groups excluding tert-OH is 1. The first kappa shape index (κ1) is 66.3. The molecule has 1 N–H and O–H groups in total. The molecule has 27 heteroatoms. The van der Waals surface area contributed by atoms with Gasteiger partial charge in [0.15, 0.2) is 22.8 Å². The summed E-state index contributed by atoms with van der Waals surface area (Å²) in [7, 11) is 1.83. The summed E-state index contributed by atoms with van der Waals surface area (Å²) in [6.07, 6.45) is -11.9. The van der Waals surface area contributed by atoms with Crippen LogP contribution in [0.1, 0.15) is 218 Å². The van der Waals surface area contributed by atoms with Gasteiger partial charge >= 0.3 is 24.7 Å². The van der Waals surface area contributed by atoms with Gasteiger partial charge in [-0.2, -0.15) is 78.2 Å². The molecule has 5 aromatic heterocycles. The summed E-state index contributed by atoms with van der Waals surface area (Å²) in [5.74, 6) is 1.07. The molecule has 0 amide bonds. The van der Waals surface area contributed by atoms with Crippen molar-refractivity contribution in [1.29, 1.82) is 0 Å². The first-order valence-corrected chi connectivity index (χ1v) is 27.0. The van der Waals surface area contributed by atoms with Crippen LogP contribution in [0.3, 0.4) is 0 Å². The summed E-state index contributed by atoms with van der Waals surface area (Å²) in [6.45, 7) is 26.7. The molecule has 456 valence electrons. The van der Waals surface area contributed by atoms with Crippen LogP contribution in [0.15, 0.2) is 19.0 Å². The van der Waals surface area contributed by atoms with Crippen molar-refractivity contribution >= 4 is 5.76 Å². The van der Waals surface area contributed by atoms with Crippen LogP contribution in [0.4, 0.5) is 61.5 Å². The predicted octanol–water partition coefficient (Wildman–Crippen LogP) is 15.6. The van der Waals surface area contributed by atoms with Crippen molar-refractivity contribution < 1.29 is 71.3 Å². The molecule has 13 nitrogen and oxygen atoms in total. The fraction of sp³-hybridized carbons (Fsp3) is 0.685. The second kappa shape index (κ2) is 26.0. The minimum atomic E-state index is -4.58. The predicted molar refractivity (Wildman–Crippen MR) is 275 cm³/mol. The Morgan fingerprint density at radius 2 is 1.12 bits per heavy atom. The van der Waals surface area contributed by atoms with Crippen LogP contribution in [0.5, 0.6) is 0 Å². The maximum Gasteiger partial charge on any atom is 0.435 e. The normalized spacial score (nSPS) is 18.1. The summed E-state index contributed by atoms with van der Waals surface area (Å²) in [6, 6.07) is -0.190. The van der Waals surface area contributed by atoms with Gasteiger partial charge in [0.1, 0.15) is 11.5 Å². The number of aromatic nitrogens is 10. The van der Waals surface area contributed by atoms with E-state index in [-0.39, 0.29) is 53.6 Å². The van der Waals surface area contributed by atoms with E-state index < -0.39 is 59.7 Å². The number of fused-ring (bicyclic) bond motifs is 5. The fourth-order valence-electron chi connectivity index (χ4n) is 9.97. The SMILES string of the molecule is C=C(O)c1cn(C(C)C)nc1C(F)(F)F.CC(C)n1nc(C(F)(F)F)c2c1CCN(C)C2.CC(C)n1nc(C(F)F)c2c1C1CC1CC2.CC1CCc2c(C(F)(F)F)nn(C(C)C)c2C1.CCOCc1cn(C(C)C)nc1C(F)(F)F. The number of aliphatic hydroxyl groups is 1. The van der Waals surface area contributed by atoms with Gasteiger partial charge in [-0.05, 0) is 134 Å². The molecule has 9 rings (SSSR count). The Kier molecular flexibility index (Phi) is 21.3. The second-order valence-electron chi connectivity index (χ2n) is 22.3. The highest BCUT2D eigenvalue weighted by Crippen LogP contribution is 2.56. The maximum absolute atomic E-state index is 12.9. The fourth-order valence-corrected chi connectivity index (χ4v) is 9.97. The second-order valence-corrected chi connectivity index (χ2v) is 22.3.